The Morgan fingerprint density at radius 1 is 1.03 bits per heavy atom. The third-order valence-corrected chi connectivity index (χ3v) is 5.35. The molecule has 0 aliphatic carbocycles. The molecule has 3 aromatic rings. The van der Waals surface area contributed by atoms with Crippen molar-refractivity contribution >= 4 is 41.2 Å². The molecule has 0 aromatic heterocycles. The molecule has 8 nitrogen and oxygen atoms in total. The van der Waals surface area contributed by atoms with Gasteiger partial charge in [-0.25, -0.2) is 5.43 Å². The molecular weight excluding hydrogens is 428 g/mol. The number of nitro benzene ring substituents is 1. The van der Waals surface area contributed by atoms with Crippen molar-refractivity contribution in [2.75, 3.05) is 5.32 Å². The van der Waals surface area contributed by atoms with Gasteiger partial charge < -0.3 is 5.32 Å². The van der Waals surface area contributed by atoms with Gasteiger partial charge in [0, 0.05) is 34.7 Å². The van der Waals surface area contributed by atoms with E-state index < -0.39 is 10.8 Å². The predicted molar refractivity (Wildman–Crippen MR) is 124 cm³/mol. The smallest absolute Gasteiger partial charge is 0.283 e. The Labute approximate surface area is 188 Å². The Morgan fingerprint density at radius 3 is 2.34 bits per heavy atom. The van der Waals surface area contributed by atoms with E-state index in [4.69, 9.17) is 0 Å². The molecule has 162 valence electrons. The van der Waals surface area contributed by atoms with E-state index in [1.807, 2.05) is 31.2 Å². The molecule has 32 heavy (non-hydrogen) atoms. The van der Waals surface area contributed by atoms with Crippen LogP contribution in [0, 0.1) is 17.0 Å². The first-order valence-electron chi connectivity index (χ1n) is 9.56. The molecule has 0 aliphatic rings. The second kappa shape index (κ2) is 10.4. The van der Waals surface area contributed by atoms with Gasteiger partial charge in [-0.1, -0.05) is 35.5 Å². The molecule has 3 rings (SSSR count). The maximum Gasteiger partial charge on any atom is 0.283 e. The highest BCUT2D eigenvalue weighted by atomic mass is 32.2. The topological polar surface area (TPSA) is 114 Å². The van der Waals surface area contributed by atoms with Gasteiger partial charge in [0.05, 0.1) is 16.0 Å². The average molecular weight is 449 g/mol. The number of benzene rings is 3. The molecule has 0 aliphatic heterocycles. The normalized spacial score (nSPS) is 10.7. The van der Waals surface area contributed by atoms with Crippen LogP contribution in [0.2, 0.25) is 0 Å². The summed E-state index contributed by atoms with van der Waals surface area (Å²) in [4.78, 5) is 35.8. The van der Waals surface area contributed by atoms with E-state index >= 15 is 0 Å². The number of rotatable bonds is 7. The average Bonchev–Trinajstić information content (AvgIpc) is 2.76. The van der Waals surface area contributed by atoms with E-state index in [1.54, 1.807) is 36.4 Å². The third kappa shape index (κ3) is 6.26. The number of nitro groups is 1. The summed E-state index contributed by atoms with van der Waals surface area (Å²) in [5.41, 5.74) is 4.86. The van der Waals surface area contributed by atoms with Crippen LogP contribution in [0.5, 0.6) is 0 Å². The SMILES string of the molecule is CC(=O)Nc1ccc(C(=O)N/N=C/c2ccc(Sc3ccc(C)cc3)c([N+](=O)[O-])c2)cc1. The van der Waals surface area contributed by atoms with Crippen LogP contribution in [-0.4, -0.2) is 23.0 Å². The maximum absolute atomic E-state index is 12.2. The van der Waals surface area contributed by atoms with Gasteiger partial charge in [-0.05, 0) is 49.4 Å². The zero-order valence-electron chi connectivity index (χ0n) is 17.4. The zero-order chi connectivity index (χ0) is 23.1. The van der Waals surface area contributed by atoms with Crippen LogP contribution in [0.1, 0.15) is 28.4 Å². The molecule has 0 heterocycles. The molecule has 0 fully saturated rings. The van der Waals surface area contributed by atoms with Crippen LogP contribution in [0.25, 0.3) is 0 Å². The minimum atomic E-state index is -0.448. The number of nitrogens with zero attached hydrogens (tertiary/aromatic N) is 2. The Morgan fingerprint density at radius 2 is 1.72 bits per heavy atom. The summed E-state index contributed by atoms with van der Waals surface area (Å²) in [6.07, 6.45) is 1.34. The molecule has 0 saturated carbocycles. The van der Waals surface area contributed by atoms with Gasteiger partial charge in [0.2, 0.25) is 5.91 Å². The van der Waals surface area contributed by atoms with Crippen molar-refractivity contribution < 1.29 is 14.5 Å². The number of amides is 2. The number of anilines is 1. The van der Waals surface area contributed by atoms with Gasteiger partial charge in [0.1, 0.15) is 0 Å². The number of nitrogens with one attached hydrogen (secondary N) is 2. The van der Waals surface area contributed by atoms with Crippen molar-refractivity contribution in [1.29, 1.82) is 0 Å². The number of hydrogen-bond acceptors (Lipinski definition) is 6. The summed E-state index contributed by atoms with van der Waals surface area (Å²) in [6, 6.07) is 18.8. The van der Waals surface area contributed by atoms with Gasteiger partial charge in [-0.2, -0.15) is 5.10 Å². The molecule has 2 amide bonds. The summed E-state index contributed by atoms with van der Waals surface area (Å²) in [5.74, 6) is -0.652. The number of hydrogen-bond donors (Lipinski definition) is 2. The molecule has 2 N–H and O–H groups in total. The highest BCUT2D eigenvalue weighted by Gasteiger charge is 2.15. The van der Waals surface area contributed by atoms with Gasteiger partial charge in [-0.3, -0.25) is 19.7 Å². The van der Waals surface area contributed by atoms with Crippen LogP contribution in [0.15, 0.2) is 81.6 Å². The van der Waals surface area contributed by atoms with Crippen LogP contribution < -0.4 is 10.7 Å². The fourth-order valence-electron chi connectivity index (χ4n) is 2.72. The van der Waals surface area contributed by atoms with E-state index in [0.29, 0.717) is 21.7 Å². The van der Waals surface area contributed by atoms with Crippen LogP contribution in [0.3, 0.4) is 0 Å². The molecule has 3 aromatic carbocycles. The fourth-order valence-corrected chi connectivity index (χ4v) is 3.62. The van der Waals surface area contributed by atoms with Crippen molar-refractivity contribution in [3.8, 4) is 0 Å². The van der Waals surface area contributed by atoms with Crippen molar-refractivity contribution in [2.45, 2.75) is 23.6 Å². The predicted octanol–water partition coefficient (Wildman–Crippen LogP) is 4.78. The molecule has 0 saturated heterocycles. The summed E-state index contributed by atoms with van der Waals surface area (Å²) in [6.45, 7) is 3.37. The summed E-state index contributed by atoms with van der Waals surface area (Å²) in [5, 5.41) is 18.0. The summed E-state index contributed by atoms with van der Waals surface area (Å²) < 4.78 is 0. The minimum absolute atomic E-state index is 0.0422. The molecule has 0 spiro atoms. The van der Waals surface area contributed by atoms with Crippen LogP contribution in [0.4, 0.5) is 11.4 Å². The van der Waals surface area contributed by atoms with Crippen molar-refractivity contribution in [3.63, 3.8) is 0 Å². The van der Waals surface area contributed by atoms with E-state index in [-0.39, 0.29) is 11.6 Å². The number of carbonyl (C=O) groups is 2. The van der Waals surface area contributed by atoms with E-state index in [1.165, 1.54) is 31.0 Å². The molecule has 0 radical (unpaired) electrons. The Hall–Kier alpha value is -3.98. The molecule has 9 heteroatoms. The van der Waals surface area contributed by atoms with E-state index in [2.05, 4.69) is 15.8 Å². The Kier molecular flexibility index (Phi) is 7.35. The quantitative estimate of drug-likeness (QED) is 0.307. The molecular formula is C23H20N4O4S. The second-order valence-corrected chi connectivity index (χ2v) is 7.97. The molecule has 0 bridgehead atoms. The minimum Gasteiger partial charge on any atom is -0.326 e. The van der Waals surface area contributed by atoms with Crippen molar-refractivity contribution in [2.24, 2.45) is 5.10 Å². The number of hydrazone groups is 1. The monoisotopic (exact) mass is 448 g/mol. The first-order valence-corrected chi connectivity index (χ1v) is 10.4. The van der Waals surface area contributed by atoms with E-state index in [9.17, 15) is 19.7 Å². The summed E-state index contributed by atoms with van der Waals surface area (Å²) >= 11 is 1.31. The molecule has 0 unspecified atom stereocenters. The maximum atomic E-state index is 12.2. The lowest BCUT2D eigenvalue weighted by Gasteiger charge is -2.05. The zero-order valence-corrected chi connectivity index (χ0v) is 18.2. The van der Waals surface area contributed by atoms with Crippen molar-refractivity contribution in [3.05, 3.63) is 93.5 Å². The van der Waals surface area contributed by atoms with Crippen LogP contribution >= 0.6 is 11.8 Å². The first-order chi connectivity index (χ1) is 15.3. The van der Waals surface area contributed by atoms with Gasteiger partial charge in [0.15, 0.2) is 0 Å². The van der Waals surface area contributed by atoms with Crippen molar-refractivity contribution in [1.82, 2.24) is 5.43 Å². The molecule has 0 atom stereocenters. The lowest BCUT2D eigenvalue weighted by molar-refractivity contribution is -0.387. The highest BCUT2D eigenvalue weighted by Crippen LogP contribution is 2.35. The number of aryl methyl sites for hydroxylation is 1. The van der Waals surface area contributed by atoms with Crippen LogP contribution in [-0.2, 0) is 4.79 Å². The van der Waals surface area contributed by atoms with E-state index in [0.717, 1.165) is 10.5 Å². The lowest BCUT2D eigenvalue weighted by atomic mass is 10.2. The summed E-state index contributed by atoms with van der Waals surface area (Å²) in [7, 11) is 0. The largest absolute Gasteiger partial charge is 0.326 e. The lowest BCUT2D eigenvalue weighted by Crippen LogP contribution is -2.17. The van der Waals surface area contributed by atoms with Gasteiger partial charge >= 0.3 is 0 Å². The third-order valence-electron chi connectivity index (χ3n) is 4.28. The first kappa shape index (κ1) is 22.7. The fraction of sp³-hybridized carbons (Fsp3) is 0.0870. The van der Waals surface area contributed by atoms with Gasteiger partial charge in [-0.15, -0.1) is 0 Å². The Bertz CT molecular complexity index is 1180. The Balaban J connectivity index is 1.68. The highest BCUT2D eigenvalue weighted by molar-refractivity contribution is 7.99. The second-order valence-electron chi connectivity index (χ2n) is 6.86. The number of carbonyl (C=O) groups excluding carboxylic acids is 2. The van der Waals surface area contributed by atoms with Gasteiger partial charge in [0.25, 0.3) is 11.6 Å². The standard InChI is InChI=1S/C23H20N4O4S/c1-15-3-10-20(11-4-15)32-22-12-5-17(13-21(22)27(30)31)14-24-26-23(29)18-6-8-19(9-7-18)25-16(2)28/h3-14H,1-2H3,(H,25,28)(H,26,29)/b24-14+.